The second-order valence-electron chi connectivity index (χ2n) is 6.20. The number of carbonyl (C=O) groups excluding carboxylic acids is 1. The molecule has 0 aromatic heterocycles. The van der Waals surface area contributed by atoms with Crippen LogP contribution in [0.5, 0.6) is 0 Å². The van der Waals surface area contributed by atoms with Gasteiger partial charge in [0.2, 0.25) is 5.91 Å². The van der Waals surface area contributed by atoms with Gasteiger partial charge in [0.05, 0.1) is 6.10 Å². The molecule has 0 radical (unpaired) electrons. The summed E-state index contributed by atoms with van der Waals surface area (Å²) in [5.41, 5.74) is 2.75. The van der Waals surface area contributed by atoms with Crippen LogP contribution in [0.25, 0.3) is 0 Å². The molecule has 20 heavy (non-hydrogen) atoms. The average Bonchev–Trinajstić information content (AvgIpc) is 3.04. The number of aliphatic hydroxyl groups excluding tert-OH is 1. The van der Waals surface area contributed by atoms with Crippen molar-refractivity contribution < 1.29 is 9.90 Å². The van der Waals surface area contributed by atoms with Crippen LogP contribution in [0.15, 0.2) is 24.3 Å². The van der Waals surface area contributed by atoms with E-state index in [1.807, 2.05) is 0 Å². The van der Waals surface area contributed by atoms with Crippen molar-refractivity contribution in [2.75, 3.05) is 6.54 Å². The topological polar surface area (TPSA) is 49.3 Å². The van der Waals surface area contributed by atoms with Gasteiger partial charge in [-0.05, 0) is 42.7 Å². The third-order valence-electron chi connectivity index (χ3n) is 4.87. The highest BCUT2D eigenvalue weighted by atomic mass is 16.3. The summed E-state index contributed by atoms with van der Waals surface area (Å²) in [6.45, 7) is 0.633. The van der Waals surface area contributed by atoms with Crippen molar-refractivity contribution >= 4 is 5.91 Å². The normalized spacial score (nSPS) is 28.4. The number of carbonyl (C=O) groups is 1. The Hall–Kier alpha value is -1.35. The van der Waals surface area contributed by atoms with Gasteiger partial charge in [0.1, 0.15) is 0 Å². The summed E-state index contributed by atoms with van der Waals surface area (Å²) in [6.07, 6.45) is 5.54. The summed E-state index contributed by atoms with van der Waals surface area (Å²) in [6, 6.07) is 8.45. The Balaban J connectivity index is 1.50. The molecule has 3 rings (SSSR count). The number of aryl methyl sites for hydroxylation is 1. The predicted molar refractivity (Wildman–Crippen MR) is 78.5 cm³/mol. The van der Waals surface area contributed by atoms with Gasteiger partial charge in [0.15, 0.2) is 0 Å². The van der Waals surface area contributed by atoms with Gasteiger partial charge < -0.3 is 10.4 Å². The number of aliphatic hydroxyl groups is 1. The summed E-state index contributed by atoms with van der Waals surface area (Å²) in [5.74, 6) is 0.764. The highest BCUT2D eigenvalue weighted by Crippen LogP contribution is 2.35. The fourth-order valence-corrected chi connectivity index (χ4v) is 3.65. The third-order valence-corrected chi connectivity index (χ3v) is 4.87. The third kappa shape index (κ3) is 2.88. The Morgan fingerprint density at radius 1 is 1.25 bits per heavy atom. The molecular weight excluding hydrogens is 250 g/mol. The first-order chi connectivity index (χ1) is 9.74. The monoisotopic (exact) mass is 273 g/mol. The highest BCUT2D eigenvalue weighted by Gasteiger charge is 2.27. The van der Waals surface area contributed by atoms with Crippen molar-refractivity contribution in [2.24, 2.45) is 5.92 Å². The molecule has 0 spiro atoms. The van der Waals surface area contributed by atoms with Crippen LogP contribution in [0.4, 0.5) is 0 Å². The number of hydrogen-bond donors (Lipinski definition) is 2. The van der Waals surface area contributed by atoms with E-state index >= 15 is 0 Å². The van der Waals surface area contributed by atoms with E-state index in [1.54, 1.807) is 0 Å². The zero-order valence-electron chi connectivity index (χ0n) is 11.8. The predicted octanol–water partition coefficient (Wildman–Crippen LogP) is 2.38. The van der Waals surface area contributed by atoms with E-state index in [-0.39, 0.29) is 17.9 Å². The summed E-state index contributed by atoms with van der Waals surface area (Å²) in [4.78, 5) is 12.1. The molecule has 1 amide bonds. The molecule has 3 atom stereocenters. The van der Waals surface area contributed by atoms with Gasteiger partial charge in [0.25, 0.3) is 0 Å². The van der Waals surface area contributed by atoms with Crippen LogP contribution in [0.3, 0.4) is 0 Å². The van der Waals surface area contributed by atoms with Gasteiger partial charge in [-0.2, -0.15) is 0 Å². The van der Waals surface area contributed by atoms with Crippen LogP contribution in [0, 0.1) is 5.92 Å². The summed E-state index contributed by atoms with van der Waals surface area (Å²) < 4.78 is 0. The molecule has 2 aliphatic carbocycles. The Morgan fingerprint density at radius 2 is 2.10 bits per heavy atom. The second-order valence-corrected chi connectivity index (χ2v) is 6.20. The lowest BCUT2D eigenvalue weighted by atomic mass is 9.97. The average molecular weight is 273 g/mol. The maximum atomic E-state index is 12.1. The van der Waals surface area contributed by atoms with Crippen molar-refractivity contribution in [3.8, 4) is 0 Å². The van der Waals surface area contributed by atoms with Crippen LogP contribution in [0.2, 0.25) is 0 Å². The maximum Gasteiger partial charge on any atom is 0.220 e. The molecule has 3 heteroatoms. The van der Waals surface area contributed by atoms with Gasteiger partial charge in [0, 0.05) is 18.9 Å². The number of nitrogens with one attached hydrogen (secondary N) is 1. The minimum atomic E-state index is -0.220. The van der Waals surface area contributed by atoms with Gasteiger partial charge in [-0.15, -0.1) is 0 Å². The Labute approximate surface area is 120 Å². The Kier molecular flexibility index (Phi) is 4.06. The highest BCUT2D eigenvalue weighted by molar-refractivity contribution is 5.77. The van der Waals surface area contributed by atoms with Crippen molar-refractivity contribution in [1.29, 1.82) is 0 Å². The molecule has 1 saturated carbocycles. The van der Waals surface area contributed by atoms with Crippen molar-refractivity contribution in [3.63, 3.8) is 0 Å². The minimum Gasteiger partial charge on any atom is -0.393 e. The first kappa shape index (κ1) is 13.6. The number of amides is 1. The molecule has 1 aromatic rings. The van der Waals surface area contributed by atoms with E-state index < -0.39 is 0 Å². The molecule has 1 fully saturated rings. The molecule has 3 nitrogen and oxygen atoms in total. The summed E-state index contributed by atoms with van der Waals surface area (Å²) >= 11 is 0. The fourth-order valence-electron chi connectivity index (χ4n) is 3.65. The van der Waals surface area contributed by atoms with Crippen molar-refractivity contribution in [1.82, 2.24) is 5.32 Å². The van der Waals surface area contributed by atoms with E-state index in [1.165, 1.54) is 11.1 Å². The first-order valence-electron chi connectivity index (χ1n) is 7.76. The van der Waals surface area contributed by atoms with Gasteiger partial charge in [-0.3, -0.25) is 4.79 Å². The van der Waals surface area contributed by atoms with Gasteiger partial charge in [-0.25, -0.2) is 0 Å². The van der Waals surface area contributed by atoms with Crippen LogP contribution >= 0.6 is 0 Å². The minimum absolute atomic E-state index is 0.130. The molecule has 2 N–H and O–H groups in total. The molecular formula is C17H23NO2. The van der Waals surface area contributed by atoms with E-state index in [0.717, 1.165) is 32.1 Å². The Morgan fingerprint density at radius 3 is 2.90 bits per heavy atom. The SMILES string of the molecule is O=C(CC1CCc2ccccc21)NCC1CCCC1O. The fraction of sp³-hybridized carbons (Fsp3) is 0.588. The van der Waals surface area contributed by atoms with Gasteiger partial charge in [-0.1, -0.05) is 30.7 Å². The largest absolute Gasteiger partial charge is 0.393 e. The smallest absolute Gasteiger partial charge is 0.220 e. The van der Waals surface area contributed by atoms with E-state index in [0.29, 0.717) is 18.9 Å². The molecule has 0 heterocycles. The lowest BCUT2D eigenvalue weighted by molar-refractivity contribution is -0.121. The van der Waals surface area contributed by atoms with E-state index in [9.17, 15) is 9.90 Å². The van der Waals surface area contributed by atoms with Crippen LogP contribution in [-0.4, -0.2) is 23.7 Å². The lowest BCUT2D eigenvalue weighted by Crippen LogP contribution is -2.33. The number of fused-ring (bicyclic) bond motifs is 1. The van der Waals surface area contributed by atoms with Gasteiger partial charge >= 0.3 is 0 Å². The molecule has 0 aliphatic heterocycles. The zero-order valence-corrected chi connectivity index (χ0v) is 11.8. The first-order valence-corrected chi connectivity index (χ1v) is 7.76. The summed E-state index contributed by atoms with van der Waals surface area (Å²) in [7, 11) is 0. The molecule has 0 bridgehead atoms. The van der Waals surface area contributed by atoms with Crippen LogP contribution < -0.4 is 5.32 Å². The molecule has 108 valence electrons. The van der Waals surface area contributed by atoms with Crippen molar-refractivity contribution in [3.05, 3.63) is 35.4 Å². The molecule has 2 aliphatic rings. The van der Waals surface area contributed by atoms with Crippen LogP contribution in [-0.2, 0) is 11.2 Å². The number of hydrogen-bond acceptors (Lipinski definition) is 2. The van der Waals surface area contributed by atoms with E-state index in [4.69, 9.17) is 0 Å². The standard InChI is InChI=1S/C17H23NO2/c19-16-7-3-5-14(16)11-18-17(20)10-13-9-8-12-4-1-2-6-15(12)13/h1-2,4,6,13-14,16,19H,3,5,7-11H2,(H,18,20). The zero-order chi connectivity index (χ0) is 13.9. The molecule has 1 aromatic carbocycles. The summed E-state index contributed by atoms with van der Waals surface area (Å²) in [5, 5.41) is 12.8. The Bertz CT molecular complexity index is 486. The molecule has 0 saturated heterocycles. The van der Waals surface area contributed by atoms with E-state index in [2.05, 4.69) is 29.6 Å². The van der Waals surface area contributed by atoms with Crippen LogP contribution in [0.1, 0.15) is 49.1 Å². The quantitative estimate of drug-likeness (QED) is 0.885. The second kappa shape index (κ2) is 5.96. The number of benzene rings is 1. The number of rotatable bonds is 4. The van der Waals surface area contributed by atoms with Crippen molar-refractivity contribution in [2.45, 2.75) is 50.5 Å². The molecule has 3 unspecified atom stereocenters. The lowest BCUT2D eigenvalue weighted by Gasteiger charge is -2.16. The maximum absolute atomic E-state index is 12.1.